The van der Waals surface area contributed by atoms with Crippen molar-refractivity contribution < 1.29 is 23.8 Å². The Hall–Kier alpha value is -2.48. The number of amides is 1. The van der Waals surface area contributed by atoms with E-state index < -0.39 is 5.91 Å². The third kappa shape index (κ3) is 2.57. The van der Waals surface area contributed by atoms with Crippen LogP contribution in [-0.2, 0) is 16.1 Å². The summed E-state index contributed by atoms with van der Waals surface area (Å²) >= 11 is 0. The van der Waals surface area contributed by atoms with E-state index in [1.54, 1.807) is 7.11 Å². The highest BCUT2D eigenvalue weighted by Gasteiger charge is 2.27. The summed E-state index contributed by atoms with van der Waals surface area (Å²) in [4.78, 5) is 16.6. The van der Waals surface area contributed by atoms with Gasteiger partial charge in [-0.15, -0.1) is 0 Å². The smallest absolute Gasteiger partial charge is 0.283 e. The van der Waals surface area contributed by atoms with Crippen LogP contribution in [0.25, 0.3) is 0 Å². The molecule has 0 saturated carbocycles. The SMILES string of the molecule is COc1cc(C[C@@H]2CC(C(=O)NN)=NO2)cc2c1OCO2. The summed E-state index contributed by atoms with van der Waals surface area (Å²) in [5.41, 5.74) is 3.27. The molecule has 0 aliphatic carbocycles. The van der Waals surface area contributed by atoms with Gasteiger partial charge in [0.05, 0.1) is 7.11 Å². The highest BCUT2D eigenvalue weighted by atomic mass is 16.7. The molecule has 0 fully saturated rings. The Morgan fingerprint density at radius 1 is 1.52 bits per heavy atom. The third-order valence-electron chi connectivity index (χ3n) is 3.31. The van der Waals surface area contributed by atoms with Crippen LogP contribution in [0.2, 0.25) is 0 Å². The van der Waals surface area contributed by atoms with Gasteiger partial charge in [0.2, 0.25) is 12.5 Å². The third-order valence-corrected chi connectivity index (χ3v) is 3.31. The summed E-state index contributed by atoms with van der Waals surface area (Å²) in [6.07, 6.45) is 0.750. The van der Waals surface area contributed by atoms with Crippen molar-refractivity contribution in [1.82, 2.24) is 5.43 Å². The van der Waals surface area contributed by atoms with E-state index in [1.165, 1.54) is 0 Å². The number of fused-ring (bicyclic) bond motifs is 1. The molecule has 0 spiro atoms. The standard InChI is InChI=1S/C13H15N3O5/c1-18-10-3-7(4-11-12(10)20-6-19-11)2-8-5-9(16-21-8)13(17)15-14/h3-4,8H,2,5-6,14H2,1H3,(H,15,17)/t8-/m1/s1. The summed E-state index contributed by atoms with van der Waals surface area (Å²) in [7, 11) is 1.57. The molecule has 0 saturated heterocycles. The van der Waals surface area contributed by atoms with Gasteiger partial charge in [-0.05, 0) is 17.7 Å². The van der Waals surface area contributed by atoms with Crippen molar-refractivity contribution in [2.75, 3.05) is 13.9 Å². The zero-order valence-corrected chi connectivity index (χ0v) is 11.4. The van der Waals surface area contributed by atoms with Gasteiger partial charge in [0.15, 0.2) is 11.5 Å². The number of hydrogen-bond acceptors (Lipinski definition) is 7. The number of nitrogens with two attached hydrogens (primary N) is 1. The van der Waals surface area contributed by atoms with Gasteiger partial charge in [-0.1, -0.05) is 5.16 Å². The Labute approximate surface area is 120 Å². The lowest BCUT2D eigenvalue weighted by Crippen LogP contribution is -2.36. The fraction of sp³-hybridized carbons (Fsp3) is 0.385. The summed E-state index contributed by atoms with van der Waals surface area (Å²) < 4.78 is 16.0. The number of ether oxygens (including phenoxy) is 3. The number of carbonyl (C=O) groups excluding carboxylic acids is 1. The van der Waals surface area contributed by atoms with E-state index in [4.69, 9.17) is 24.9 Å². The van der Waals surface area contributed by atoms with E-state index in [9.17, 15) is 4.79 Å². The summed E-state index contributed by atoms with van der Waals surface area (Å²) in [5, 5.41) is 3.74. The van der Waals surface area contributed by atoms with Gasteiger partial charge in [-0.2, -0.15) is 0 Å². The predicted molar refractivity (Wildman–Crippen MR) is 72.1 cm³/mol. The monoisotopic (exact) mass is 293 g/mol. The first-order valence-corrected chi connectivity index (χ1v) is 6.41. The van der Waals surface area contributed by atoms with E-state index in [1.807, 2.05) is 17.6 Å². The van der Waals surface area contributed by atoms with Crippen LogP contribution in [0, 0.1) is 0 Å². The van der Waals surface area contributed by atoms with Crippen LogP contribution >= 0.6 is 0 Å². The number of hydrogen-bond donors (Lipinski definition) is 2. The molecule has 21 heavy (non-hydrogen) atoms. The average molecular weight is 293 g/mol. The number of carbonyl (C=O) groups is 1. The molecule has 8 heteroatoms. The van der Waals surface area contributed by atoms with Crippen molar-refractivity contribution in [2.24, 2.45) is 11.0 Å². The van der Waals surface area contributed by atoms with Crippen molar-refractivity contribution >= 4 is 11.6 Å². The van der Waals surface area contributed by atoms with Gasteiger partial charge < -0.3 is 19.0 Å². The van der Waals surface area contributed by atoms with Gasteiger partial charge in [0.25, 0.3) is 5.91 Å². The van der Waals surface area contributed by atoms with Crippen LogP contribution in [-0.4, -0.2) is 31.6 Å². The quantitative estimate of drug-likeness (QED) is 0.463. The minimum atomic E-state index is -0.430. The van der Waals surface area contributed by atoms with Crippen LogP contribution in [0.3, 0.4) is 0 Å². The molecule has 0 radical (unpaired) electrons. The minimum Gasteiger partial charge on any atom is -0.493 e. The summed E-state index contributed by atoms with van der Waals surface area (Å²) in [5.74, 6) is 6.49. The zero-order valence-electron chi connectivity index (χ0n) is 11.4. The fourth-order valence-electron chi connectivity index (χ4n) is 2.32. The number of rotatable bonds is 4. The Morgan fingerprint density at radius 2 is 2.38 bits per heavy atom. The fourth-order valence-corrected chi connectivity index (χ4v) is 2.32. The van der Waals surface area contributed by atoms with E-state index in [0.29, 0.717) is 30.1 Å². The number of oxime groups is 1. The highest BCUT2D eigenvalue weighted by Crippen LogP contribution is 2.42. The molecule has 1 amide bonds. The molecule has 1 aromatic rings. The molecule has 2 heterocycles. The molecule has 3 N–H and O–H groups in total. The lowest BCUT2D eigenvalue weighted by Gasteiger charge is -2.11. The van der Waals surface area contributed by atoms with Crippen molar-refractivity contribution in [3.05, 3.63) is 17.7 Å². The largest absolute Gasteiger partial charge is 0.493 e. The summed E-state index contributed by atoms with van der Waals surface area (Å²) in [6.45, 7) is 0.180. The van der Waals surface area contributed by atoms with Crippen molar-refractivity contribution in [1.29, 1.82) is 0 Å². The number of benzene rings is 1. The lowest BCUT2D eigenvalue weighted by atomic mass is 10.0. The normalized spacial score (nSPS) is 19.0. The second-order valence-corrected chi connectivity index (χ2v) is 4.68. The van der Waals surface area contributed by atoms with Crippen LogP contribution in [0.4, 0.5) is 0 Å². The molecule has 0 aromatic heterocycles. The molecular weight excluding hydrogens is 278 g/mol. The molecule has 0 unspecified atom stereocenters. The minimum absolute atomic E-state index is 0.180. The van der Waals surface area contributed by atoms with Crippen LogP contribution in [0.1, 0.15) is 12.0 Å². The number of nitrogens with zero attached hydrogens (tertiary/aromatic N) is 1. The van der Waals surface area contributed by atoms with Gasteiger partial charge in [-0.25, -0.2) is 5.84 Å². The maximum Gasteiger partial charge on any atom is 0.283 e. The molecular formula is C13H15N3O5. The second-order valence-electron chi connectivity index (χ2n) is 4.68. The molecule has 2 aliphatic heterocycles. The Morgan fingerprint density at radius 3 is 3.14 bits per heavy atom. The van der Waals surface area contributed by atoms with E-state index in [2.05, 4.69) is 5.16 Å². The second kappa shape index (κ2) is 5.49. The maximum atomic E-state index is 11.4. The summed E-state index contributed by atoms with van der Waals surface area (Å²) in [6, 6.07) is 3.73. The Bertz CT molecular complexity index is 602. The van der Waals surface area contributed by atoms with Crippen LogP contribution in [0.15, 0.2) is 17.3 Å². The number of hydrazine groups is 1. The zero-order chi connectivity index (χ0) is 14.8. The van der Waals surface area contributed by atoms with Crippen molar-refractivity contribution in [3.8, 4) is 17.2 Å². The highest BCUT2D eigenvalue weighted by molar-refractivity contribution is 6.38. The first kappa shape index (κ1) is 13.5. The number of methoxy groups -OCH3 is 1. The molecule has 8 nitrogen and oxygen atoms in total. The Balaban J connectivity index is 1.71. The lowest BCUT2D eigenvalue weighted by molar-refractivity contribution is -0.115. The molecule has 1 aromatic carbocycles. The van der Waals surface area contributed by atoms with Crippen LogP contribution in [0.5, 0.6) is 17.2 Å². The topological polar surface area (TPSA) is 104 Å². The van der Waals surface area contributed by atoms with Gasteiger partial charge >= 0.3 is 0 Å². The molecule has 3 rings (SSSR count). The van der Waals surface area contributed by atoms with E-state index in [0.717, 1.165) is 5.56 Å². The number of nitrogens with one attached hydrogen (secondary N) is 1. The first-order valence-electron chi connectivity index (χ1n) is 6.41. The van der Waals surface area contributed by atoms with Gasteiger partial charge in [-0.3, -0.25) is 10.2 Å². The first-order chi connectivity index (χ1) is 10.2. The van der Waals surface area contributed by atoms with Crippen molar-refractivity contribution in [2.45, 2.75) is 18.9 Å². The van der Waals surface area contributed by atoms with E-state index in [-0.39, 0.29) is 18.6 Å². The average Bonchev–Trinajstić information content (AvgIpc) is 3.14. The van der Waals surface area contributed by atoms with E-state index >= 15 is 0 Å². The molecule has 112 valence electrons. The van der Waals surface area contributed by atoms with Crippen molar-refractivity contribution in [3.63, 3.8) is 0 Å². The van der Waals surface area contributed by atoms with Crippen LogP contribution < -0.4 is 25.5 Å². The predicted octanol–water partition coefficient (Wildman–Crippen LogP) is 0.101. The molecule has 1 atom stereocenters. The Kier molecular flexibility index (Phi) is 3.53. The maximum absolute atomic E-state index is 11.4. The van der Waals surface area contributed by atoms with Gasteiger partial charge in [0.1, 0.15) is 11.8 Å². The molecule has 2 aliphatic rings. The molecule has 0 bridgehead atoms. The van der Waals surface area contributed by atoms with Gasteiger partial charge in [0, 0.05) is 12.8 Å².